The highest BCUT2D eigenvalue weighted by molar-refractivity contribution is 5.17. The molecule has 0 spiro atoms. The van der Waals surface area contributed by atoms with E-state index in [1.165, 1.54) is 0 Å². The zero-order valence-electron chi connectivity index (χ0n) is 6.20. The van der Waals surface area contributed by atoms with Gasteiger partial charge in [0.25, 0.3) is 0 Å². The van der Waals surface area contributed by atoms with Gasteiger partial charge in [0, 0.05) is 5.92 Å². The van der Waals surface area contributed by atoms with E-state index < -0.39 is 0 Å². The third-order valence-corrected chi connectivity index (χ3v) is 1.80. The Labute approximate surface area is 61.9 Å². The lowest BCUT2D eigenvalue weighted by molar-refractivity contribution is 0.605. The Morgan fingerprint density at radius 1 is 1.30 bits per heavy atom. The number of hydrogen-bond donors (Lipinski definition) is 1. The van der Waals surface area contributed by atoms with E-state index in [2.05, 4.69) is 31.2 Å². The minimum absolute atomic E-state index is 0.495. The summed E-state index contributed by atoms with van der Waals surface area (Å²) in [6.07, 6.45) is 12.1. The highest BCUT2D eigenvalue weighted by atomic mass is 14.5. The van der Waals surface area contributed by atoms with E-state index >= 15 is 0 Å². The van der Waals surface area contributed by atoms with E-state index in [-0.39, 0.29) is 0 Å². The van der Waals surface area contributed by atoms with Gasteiger partial charge in [0.15, 0.2) is 0 Å². The van der Waals surface area contributed by atoms with E-state index in [0.29, 0.717) is 11.8 Å². The molecular weight excluding hydrogens is 122 g/mol. The molecule has 0 fully saturated rings. The quantitative estimate of drug-likeness (QED) is 0.583. The largest absolute Gasteiger partial charge is 0.405 e. The fourth-order valence-corrected chi connectivity index (χ4v) is 1.10. The molecular formula is C9H13N. The van der Waals surface area contributed by atoms with E-state index in [9.17, 15) is 0 Å². The second kappa shape index (κ2) is 3.25. The van der Waals surface area contributed by atoms with Crippen molar-refractivity contribution < 1.29 is 0 Å². The van der Waals surface area contributed by atoms with Gasteiger partial charge in [0.2, 0.25) is 0 Å². The van der Waals surface area contributed by atoms with Crippen LogP contribution in [0.2, 0.25) is 0 Å². The van der Waals surface area contributed by atoms with E-state index in [1.54, 1.807) is 6.20 Å². The van der Waals surface area contributed by atoms with Crippen LogP contribution in [-0.4, -0.2) is 0 Å². The molecule has 0 aromatic heterocycles. The minimum Gasteiger partial charge on any atom is -0.405 e. The summed E-state index contributed by atoms with van der Waals surface area (Å²) < 4.78 is 0. The summed E-state index contributed by atoms with van der Waals surface area (Å²) in [5.74, 6) is 1.08. The van der Waals surface area contributed by atoms with Gasteiger partial charge in [-0.1, -0.05) is 37.3 Å². The van der Waals surface area contributed by atoms with Crippen LogP contribution < -0.4 is 5.73 Å². The van der Waals surface area contributed by atoms with Crippen LogP contribution in [-0.2, 0) is 0 Å². The molecule has 0 aliphatic heterocycles. The first kappa shape index (κ1) is 7.13. The zero-order chi connectivity index (χ0) is 7.40. The Hall–Kier alpha value is -0.980. The average molecular weight is 135 g/mol. The van der Waals surface area contributed by atoms with Crippen LogP contribution in [0.5, 0.6) is 0 Å². The van der Waals surface area contributed by atoms with Crippen LogP contribution in [0.15, 0.2) is 36.6 Å². The van der Waals surface area contributed by atoms with Crippen LogP contribution in [0.4, 0.5) is 0 Å². The second-order valence-corrected chi connectivity index (χ2v) is 2.59. The summed E-state index contributed by atoms with van der Waals surface area (Å²) in [6.45, 7) is 2.19. The first-order chi connectivity index (χ1) is 4.84. The van der Waals surface area contributed by atoms with Gasteiger partial charge in [-0.25, -0.2) is 0 Å². The van der Waals surface area contributed by atoms with Gasteiger partial charge >= 0.3 is 0 Å². The van der Waals surface area contributed by atoms with Gasteiger partial charge in [-0.05, 0) is 12.1 Å². The van der Waals surface area contributed by atoms with Gasteiger partial charge in [-0.3, -0.25) is 0 Å². The Bertz CT molecular complexity index is 177. The SMILES string of the molecule is CC1C=CC=CC1/C=C\N. The van der Waals surface area contributed by atoms with Crippen LogP contribution >= 0.6 is 0 Å². The maximum atomic E-state index is 5.28. The summed E-state index contributed by atoms with van der Waals surface area (Å²) in [5, 5.41) is 0. The lowest BCUT2D eigenvalue weighted by Gasteiger charge is -2.15. The highest BCUT2D eigenvalue weighted by Gasteiger charge is 2.08. The third kappa shape index (κ3) is 1.50. The van der Waals surface area contributed by atoms with Gasteiger partial charge in [-0.2, -0.15) is 0 Å². The summed E-state index contributed by atoms with van der Waals surface area (Å²) in [5.41, 5.74) is 5.28. The molecule has 54 valence electrons. The number of hydrogen-bond acceptors (Lipinski definition) is 1. The van der Waals surface area contributed by atoms with Crippen molar-refractivity contribution in [2.45, 2.75) is 6.92 Å². The normalized spacial score (nSPS) is 31.7. The summed E-state index contributed by atoms with van der Waals surface area (Å²) >= 11 is 0. The summed E-state index contributed by atoms with van der Waals surface area (Å²) in [6, 6.07) is 0. The van der Waals surface area contributed by atoms with Crippen molar-refractivity contribution in [1.82, 2.24) is 0 Å². The smallest absolute Gasteiger partial charge is 0.00271 e. The van der Waals surface area contributed by atoms with Crippen LogP contribution in [0.25, 0.3) is 0 Å². The van der Waals surface area contributed by atoms with Crippen molar-refractivity contribution in [3.8, 4) is 0 Å². The molecule has 0 radical (unpaired) electrons. The molecule has 0 aromatic carbocycles. The minimum atomic E-state index is 0.495. The third-order valence-electron chi connectivity index (χ3n) is 1.80. The predicted octanol–water partition coefficient (Wildman–Crippen LogP) is 1.84. The molecule has 1 nitrogen and oxygen atoms in total. The Morgan fingerprint density at radius 2 is 2.00 bits per heavy atom. The molecule has 0 amide bonds. The second-order valence-electron chi connectivity index (χ2n) is 2.59. The van der Waals surface area contributed by atoms with Gasteiger partial charge in [0.1, 0.15) is 0 Å². The monoisotopic (exact) mass is 135 g/mol. The fraction of sp³-hybridized carbons (Fsp3) is 0.333. The fourth-order valence-electron chi connectivity index (χ4n) is 1.10. The van der Waals surface area contributed by atoms with E-state index in [4.69, 9.17) is 5.73 Å². The Balaban J connectivity index is 2.61. The van der Waals surface area contributed by atoms with Gasteiger partial charge < -0.3 is 5.73 Å². The molecule has 0 saturated heterocycles. The van der Waals surface area contributed by atoms with Gasteiger partial charge in [0.05, 0.1) is 0 Å². The Kier molecular flexibility index (Phi) is 2.32. The molecule has 0 aromatic rings. The molecule has 0 saturated carbocycles. The molecule has 1 aliphatic carbocycles. The lowest BCUT2D eigenvalue weighted by Crippen LogP contribution is -2.06. The topological polar surface area (TPSA) is 26.0 Å². The maximum absolute atomic E-state index is 5.28. The zero-order valence-corrected chi connectivity index (χ0v) is 6.20. The van der Waals surface area contributed by atoms with Crippen molar-refractivity contribution in [2.24, 2.45) is 17.6 Å². The molecule has 1 rings (SSSR count). The molecule has 1 aliphatic rings. The van der Waals surface area contributed by atoms with Crippen molar-refractivity contribution in [3.63, 3.8) is 0 Å². The van der Waals surface area contributed by atoms with Crippen molar-refractivity contribution in [3.05, 3.63) is 36.6 Å². The van der Waals surface area contributed by atoms with Crippen molar-refractivity contribution in [2.75, 3.05) is 0 Å². The number of rotatable bonds is 1. The molecule has 2 unspecified atom stereocenters. The number of nitrogens with two attached hydrogens (primary N) is 1. The van der Waals surface area contributed by atoms with Crippen LogP contribution in [0.3, 0.4) is 0 Å². The summed E-state index contributed by atoms with van der Waals surface area (Å²) in [4.78, 5) is 0. The average Bonchev–Trinajstić information content (AvgIpc) is 1.94. The molecule has 2 atom stereocenters. The number of allylic oxidation sites excluding steroid dienone is 5. The lowest BCUT2D eigenvalue weighted by atomic mass is 9.90. The van der Waals surface area contributed by atoms with E-state index in [1.807, 2.05) is 6.08 Å². The van der Waals surface area contributed by atoms with E-state index in [0.717, 1.165) is 0 Å². The maximum Gasteiger partial charge on any atom is 0.00271 e. The van der Waals surface area contributed by atoms with Crippen LogP contribution in [0, 0.1) is 11.8 Å². The molecule has 1 heteroatoms. The molecule has 2 N–H and O–H groups in total. The van der Waals surface area contributed by atoms with Gasteiger partial charge in [-0.15, -0.1) is 0 Å². The van der Waals surface area contributed by atoms with Crippen molar-refractivity contribution in [1.29, 1.82) is 0 Å². The van der Waals surface area contributed by atoms with Crippen molar-refractivity contribution >= 4 is 0 Å². The molecule has 0 heterocycles. The standard InChI is InChI=1S/C9H13N/c1-8-4-2-3-5-9(8)6-7-10/h2-9H,10H2,1H3/b7-6-. The molecule has 0 bridgehead atoms. The predicted molar refractivity (Wildman–Crippen MR) is 44.3 cm³/mol. The highest BCUT2D eigenvalue weighted by Crippen LogP contribution is 2.19. The molecule has 10 heavy (non-hydrogen) atoms. The summed E-state index contributed by atoms with van der Waals surface area (Å²) in [7, 11) is 0. The Morgan fingerprint density at radius 3 is 2.60 bits per heavy atom. The first-order valence-electron chi connectivity index (χ1n) is 3.58. The first-order valence-corrected chi connectivity index (χ1v) is 3.58. The van der Waals surface area contributed by atoms with Crippen LogP contribution in [0.1, 0.15) is 6.92 Å².